The number of aromatic nitrogens is 2. The highest BCUT2D eigenvalue weighted by Crippen LogP contribution is 2.30. The van der Waals surface area contributed by atoms with Gasteiger partial charge < -0.3 is 9.88 Å². The summed E-state index contributed by atoms with van der Waals surface area (Å²) in [5.74, 6) is 0.266. The normalized spacial score (nSPS) is 11.3. The number of carbonyl (C=O) groups excluding carboxylic acids is 1. The van der Waals surface area contributed by atoms with Gasteiger partial charge in [0.15, 0.2) is 5.82 Å². The maximum Gasteiger partial charge on any atom is 0.416 e. The average Bonchev–Trinajstić information content (AvgIpc) is 2.77. The summed E-state index contributed by atoms with van der Waals surface area (Å²) >= 11 is 0. The Morgan fingerprint density at radius 1 is 1.33 bits per heavy atom. The van der Waals surface area contributed by atoms with Crippen molar-refractivity contribution in [3.63, 3.8) is 0 Å². The van der Waals surface area contributed by atoms with Crippen LogP contribution in [0.15, 0.2) is 36.8 Å². The Bertz CT molecular complexity index is 563. The Balaban J connectivity index is 2.35. The molecule has 0 aliphatic heterocycles. The fourth-order valence-electron chi connectivity index (χ4n) is 1.44. The van der Waals surface area contributed by atoms with E-state index in [1.54, 1.807) is 0 Å². The van der Waals surface area contributed by atoms with Crippen LogP contribution in [-0.2, 0) is 11.0 Å². The van der Waals surface area contributed by atoms with Gasteiger partial charge in [-0.05, 0) is 18.2 Å². The summed E-state index contributed by atoms with van der Waals surface area (Å²) in [4.78, 5) is 14.0. The maximum absolute atomic E-state index is 12.5. The second kappa shape index (κ2) is 4.52. The Morgan fingerprint density at radius 2 is 2.11 bits per heavy atom. The molecule has 1 amide bonds. The third-order valence-electron chi connectivity index (χ3n) is 2.26. The fourth-order valence-corrected chi connectivity index (χ4v) is 1.44. The van der Waals surface area contributed by atoms with Gasteiger partial charge in [-0.25, -0.2) is 4.98 Å². The van der Waals surface area contributed by atoms with Crippen molar-refractivity contribution in [1.29, 1.82) is 0 Å². The third kappa shape index (κ3) is 2.50. The van der Waals surface area contributed by atoms with Crippen molar-refractivity contribution in [1.82, 2.24) is 9.55 Å². The summed E-state index contributed by atoms with van der Waals surface area (Å²) in [7, 11) is 0. The van der Waals surface area contributed by atoms with Gasteiger partial charge in [-0.2, -0.15) is 13.2 Å². The summed E-state index contributed by atoms with van der Waals surface area (Å²) in [6.45, 7) is 0. The Labute approximate surface area is 100 Å². The van der Waals surface area contributed by atoms with E-state index in [4.69, 9.17) is 0 Å². The Morgan fingerprint density at radius 3 is 2.78 bits per heavy atom. The largest absolute Gasteiger partial charge is 0.416 e. The van der Waals surface area contributed by atoms with Crippen LogP contribution in [0.2, 0.25) is 0 Å². The molecule has 0 unspecified atom stereocenters. The second-order valence-corrected chi connectivity index (χ2v) is 3.48. The molecule has 0 spiro atoms. The lowest BCUT2D eigenvalue weighted by Crippen LogP contribution is -2.05. The van der Waals surface area contributed by atoms with Gasteiger partial charge in [0.1, 0.15) is 6.33 Å². The number of nitrogens with one attached hydrogen (secondary N) is 1. The number of amides is 1. The second-order valence-electron chi connectivity index (χ2n) is 3.48. The highest BCUT2D eigenvalue weighted by Gasteiger charge is 2.30. The van der Waals surface area contributed by atoms with Crippen LogP contribution >= 0.6 is 0 Å². The molecule has 2 aromatic rings. The molecule has 1 aromatic heterocycles. The fraction of sp³-hybridized carbons (Fsp3) is 0.0909. The van der Waals surface area contributed by atoms with E-state index in [1.807, 2.05) is 0 Å². The number of hydrogen-bond donors (Lipinski definition) is 1. The van der Waals surface area contributed by atoms with E-state index in [1.165, 1.54) is 29.2 Å². The van der Waals surface area contributed by atoms with E-state index in [9.17, 15) is 18.0 Å². The molecule has 0 aliphatic rings. The number of anilines is 1. The standard InChI is InChI=1S/C11H8F3N3O/c12-11(13,14)8-2-1-3-9(4-8)17-5-10(15-6-17)16-7-18/h1-7H,(H,16,18). The van der Waals surface area contributed by atoms with Gasteiger partial charge in [0.2, 0.25) is 6.41 Å². The summed E-state index contributed by atoms with van der Waals surface area (Å²) in [5, 5.41) is 2.31. The molecule has 1 aromatic carbocycles. The molecular weight excluding hydrogens is 247 g/mol. The lowest BCUT2D eigenvalue weighted by Gasteiger charge is -2.08. The van der Waals surface area contributed by atoms with Crippen LogP contribution in [0.5, 0.6) is 0 Å². The van der Waals surface area contributed by atoms with E-state index in [0.29, 0.717) is 12.1 Å². The van der Waals surface area contributed by atoms with Crippen molar-refractivity contribution in [3.8, 4) is 5.69 Å². The van der Waals surface area contributed by atoms with Crippen molar-refractivity contribution in [2.75, 3.05) is 5.32 Å². The summed E-state index contributed by atoms with van der Waals surface area (Å²) in [5.41, 5.74) is -0.421. The third-order valence-corrected chi connectivity index (χ3v) is 2.26. The van der Waals surface area contributed by atoms with Gasteiger partial charge in [-0.15, -0.1) is 0 Å². The zero-order chi connectivity index (χ0) is 13.2. The molecule has 1 heterocycles. The van der Waals surface area contributed by atoms with Crippen LogP contribution in [0, 0.1) is 0 Å². The molecule has 0 bridgehead atoms. The lowest BCUT2D eigenvalue weighted by molar-refractivity contribution is -0.137. The first kappa shape index (κ1) is 12.2. The maximum atomic E-state index is 12.5. The molecule has 7 heteroatoms. The first-order chi connectivity index (χ1) is 8.50. The van der Waals surface area contributed by atoms with Crippen LogP contribution in [0.25, 0.3) is 5.69 Å². The van der Waals surface area contributed by atoms with Crippen molar-refractivity contribution in [3.05, 3.63) is 42.4 Å². The molecule has 0 fully saturated rings. The van der Waals surface area contributed by atoms with Gasteiger partial charge in [0, 0.05) is 5.69 Å². The number of carbonyl (C=O) groups is 1. The smallest absolute Gasteiger partial charge is 0.312 e. The molecule has 0 radical (unpaired) electrons. The summed E-state index contributed by atoms with van der Waals surface area (Å²) in [6.07, 6.45) is -1.20. The summed E-state index contributed by atoms with van der Waals surface area (Å²) < 4.78 is 39.0. The van der Waals surface area contributed by atoms with Crippen LogP contribution in [0.1, 0.15) is 5.56 Å². The van der Waals surface area contributed by atoms with Gasteiger partial charge in [0.05, 0.1) is 11.8 Å². The first-order valence-corrected chi connectivity index (χ1v) is 4.92. The van der Waals surface area contributed by atoms with Crippen LogP contribution < -0.4 is 5.32 Å². The molecule has 0 saturated carbocycles. The van der Waals surface area contributed by atoms with Crippen molar-refractivity contribution in [2.45, 2.75) is 6.18 Å². The quantitative estimate of drug-likeness (QED) is 0.856. The van der Waals surface area contributed by atoms with E-state index in [2.05, 4.69) is 10.3 Å². The van der Waals surface area contributed by atoms with E-state index >= 15 is 0 Å². The number of hydrogen-bond acceptors (Lipinski definition) is 2. The highest BCUT2D eigenvalue weighted by atomic mass is 19.4. The van der Waals surface area contributed by atoms with E-state index in [-0.39, 0.29) is 5.82 Å². The predicted molar refractivity (Wildman–Crippen MR) is 58.3 cm³/mol. The Kier molecular flexibility index (Phi) is 3.05. The zero-order valence-electron chi connectivity index (χ0n) is 8.98. The monoisotopic (exact) mass is 255 g/mol. The van der Waals surface area contributed by atoms with Gasteiger partial charge >= 0.3 is 6.18 Å². The molecule has 0 aliphatic carbocycles. The predicted octanol–water partition coefficient (Wildman–Crippen LogP) is 2.46. The van der Waals surface area contributed by atoms with Crippen molar-refractivity contribution in [2.24, 2.45) is 0 Å². The number of benzene rings is 1. The molecule has 2 rings (SSSR count). The van der Waals surface area contributed by atoms with Gasteiger partial charge in [-0.3, -0.25) is 4.79 Å². The van der Waals surface area contributed by atoms with Gasteiger partial charge in [0.25, 0.3) is 0 Å². The molecule has 1 N–H and O–H groups in total. The minimum Gasteiger partial charge on any atom is -0.312 e. The molecule has 0 atom stereocenters. The van der Waals surface area contributed by atoms with E-state index < -0.39 is 11.7 Å². The number of halogens is 3. The number of rotatable bonds is 3. The van der Waals surface area contributed by atoms with Crippen LogP contribution in [-0.4, -0.2) is 16.0 Å². The lowest BCUT2D eigenvalue weighted by atomic mass is 10.2. The average molecular weight is 255 g/mol. The molecule has 94 valence electrons. The minimum atomic E-state index is -4.39. The SMILES string of the molecule is O=CNc1cn(-c2cccc(C(F)(F)F)c2)cn1. The number of nitrogens with zero attached hydrogens (tertiary/aromatic N) is 2. The summed E-state index contributed by atoms with van der Waals surface area (Å²) in [6, 6.07) is 4.82. The molecular formula is C11H8F3N3O. The molecule has 0 saturated heterocycles. The minimum absolute atomic E-state index is 0.266. The van der Waals surface area contributed by atoms with Gasteiger partial charge in [-0.1, -0.05) is 6.07 Å². The zero-order valence-corrected chi connectivity index (χ0v) is 8.98. The number of imidazole rings is 1. The topological polar surface area (TPSA) is 46.9 Å². The molecule has 18 heavy (non-hydrogen) atoms. The van der Waals surface area contributed by atoms with Crippen LogP contribution in [0.3, 0.4) is 0 Å². The molecule has 4 nitrogen and oxygen atoms in total. The number of alkyl halides is 3. The van der Waals surface area contributed by atoms with Crippen molar-refractivity contribution < 1.29 is 18.0 Å². The van der Waals surface area contributed by atoms with Crippen LogP contribution in [0.4, 0.5) is 19.0 Å². The first-order valence-electron chi connectivity index (χ1n) is 4.92. The Hall–Kier alpha value is -2.31. The van der Waals surface area contributed by atoms with Crippen molar-refractivity contribution >= 4 is 12.2 Å². The highest BCUT2D eigenvalue weighted by molar-refractivity contribution is 5.68. The van der Waals surface area contributed by atoms with E-state index in [0.717, 1.165) is 12.1 Å².